The zero-order valence-electron chi connectivity index (χ0n) is 4.52. The van der Waals surface area contributed by atoms with Crippen molar-refractivity contribution < 1.29 is 0 Å². The molecule has 0 bridgehead atoms. The van der Waals surface area contributed by atoms with Gasteiger partial charge < -0.3 is 0 Å². The van der Waals surface area contributed by atoms with E-state index in [0.29, 0.717) is 9.93 Å². The van der Waals surface area contributed by atoms with Gasteiger partial charge in [-0.15, -0.1) is 0 Å². The standard InChI is InChI=1S/C4H11S2/c1-4-6(3)5-2/h4H2,1-3H3/q+1. The summed E-state index contributed by atoms with van der Waals surface area (Å²) in [4.78, 5) is 0. The molecule has 0 N–H and O–H groups in total. The van der Waals surface area contributed by atoms with Gasteiger partial charge in [0.25, 0.3) is 0 Å². The predicted octanol–water partition coefficient (Wildman–Crippen LogP) is 1.53. The fourth-order valence-electron chi connectivity index (χ4n) is 0.118. The molecule has 0 aromatic carbocycles. The van der Waals surface area contributed by atoms with E-state index in [9.17, 15) is 0 Å². The first-order valence-corrected chi connectivity index (χ1v) is 5.52. The van der Waals surface area contributed by atoms with Crippen LogP contribution in [0.3, 0.4) is 0 Å². The normalized spacial score (nSPS) is 14.5. The highest BCUT2D eigenvalue weighted by atomic mass is 33.1. The molecule has 0 spiro atoms. The maximum absolute atomic E-state index is 2.27. The second-order valence-electron chi connectivity index (χ2n) is 1.03. The van der Waals surface area contributed by atoms with Gasteiger partial charge in [0.1, 0.15) is 12.0 Å². The third-order valence-electron chi connectivity index (χ3n) is 0.691. The fraction of sp³-hybridized carbons (Fsp3) is 1.00. The van der Waals surface area contributed by atoms with Crippen molar-refractivity contribution in [3.8, 4) is 0 Å². The molecule has 6 heavy (non-hydrogen) atoms. The molecule has 0 aromatic heterocycles. The Labute approximate surface area is 46.4 Å². The third-order valence-corrected chi connectivity index (χ3v) is 4.49. The van der Waals surface area contributed by atoms with Crippen molar-refractivity contribution in [1.29, 1.82) is 0 Å². The molecule has 0 aliphatic rings. The van der Waals surface area contributed by atoms with E-state index < -0.39 is 0 Å². The van der Waals surface area contributed by atoms with Crippen LogP contribution in [0.15, 0.2) is 0 Å². The molecular formula is C4H11S2+. The van der Waals surface area contributed by atoms with Crippen molar-refractivity contribution in [2.24, 2.45) is 0 Å². The topological polar surface area (TPSA) is 0 Å². The van der Waals surface area contributed by atoms with Crippen LogP contribution in [0.4, 0.5) is 0 Å². The van der Waals surface area contributed by atoms with E-state index in [4.69, 9.17) is 0 Å². The zero-order valence-corrected chi connectivity index (χ0v) is 6.16. The van der Waals surface area contributed by atoms with Crippen LogP contribution in [0.25, 0.3) is 0 Å². The second kappa shape index (κ2) is 3.88. The van der Waals surface area contributed by atoms with Crippen molar-refractivity contribution in [2.45, 2.75) is 6.92 Å². The minimum Gasteiger partial charge on any atom is -0.0188 e. The van der Waals surface area contributed by atoms with E-state index in [1.807, 2.05) is 10.8 Å². The average Bonchev–Trinajstić information content (AvgIpc) is 1.65. The summed E-state index contributed by atoms with van der Waals surface area (Å²) in [6.45, 7) is 2.22. The number of rotatable bonds is 2. The van der Waals surface area contributed by atoms with Crippen LogP contribution < -0.4 is 0 Å². The van der Waals surface area contributed by atoms with Gasteiger partial charge in [0.2, 0.25) is 0 Å². The van der Waals surface area contributed by atoms with Crippen LogP contribution in [-0.4, -0.2) is 18.3 Å². The molecule has 0 saturated carbocycles. The molecule has 38 valence electrons. The highest BCUT2D eigenvalue weighted by molar-refractivity contribution is 8.73. The first-order valence-electron chi connectivity index (χ1n) is 1.98. The van der Waals surface area contributed by atoms with Gasteiger partial charge in [0.05, 0.1) is 20.7 Å². The van der Waals surface area contributed by atoms with Gasteiger partial charge in [-0.25, -0.2) is 0 Å². The number of hydrogen-bond donors (Lipinski definition) is 0. The lowest BCUT2D eigenvalue weighted by Crippen LogP contribution is -1.91. The summed E-state index contributed by atoms with van der Waals surface area (Å²) in [5.41, 5.74) is 0. The van der Waals surface area contributed by atoms with Crippen LogP contribution in [0.2, 0.25) is 0 Å². The summed E-state index contributed by atoms with van der Waals surface area (Å²) >= 11 is 0. The lowest BCUT2D eigenvalue weighted by Gasteiger charge is -1.86. The summed E-state index contributed by atoms with van der Waals surface area (Å²) in [6.07, 6.45) is 4.43. The largest absolute Gasteiger partial charge is 0.117 e. The van der Waals surface area contributed by atoms with Crippen LogP contribution in [0.5, 0.6) is 0 Å². The molecule has 0 amide bonds. The Morgan fingerprint density at radius 2 is 2.17 bits per heavy atom. The SMILES string of the molecule is CC[S+](C)SC. The quantitative estimate of drug-likeness (QED) is 0.396. The van der Waals surface area contributed by atoms with Gasteiger partial charge in [-0.05, 0) is 6.92 Å². The second-order valence-corrected chi connectivity index (χ2v) is 5.79. The Morgan fingerprint density at radius 3 is 2.17 bits per heavy atom. The van der Waals surface area contributed by atoms with Crippen molar-refractivity contribution in [3.05, 3.63) is 0 Å². The molecule has 0 aliphatic heterocycles. The van der Waals surface area contributed by atoms with Gasteiger partial charge in [0, 0.05) is 6.26 Å². The average molecular weight is 123 g/mol. The van der Waals surface area contributed by atoms with Crippen molar-refractivity contribution in [3.63, 3.8) is 0 Å². The Kier molecular flexibility index (Phi) is 4.33. The first-order chi connectivity index (χ1) is 2.81. The molecule has 0 rings (SSSR count). The minimum atomic E-state index is 0.633. The maximum atomic E-state index is 2.27. The summed E-state index contributed by atoms with van der Waals surface area (Å²) in [5.74, 6) is 1.32. The van der Waals surface area contributed by atoms with Crippen molar-refractivity contribution >= 4 is 20.7 Å². The lowest BCUT2D eigenvalue weighted by atomic mass is 11.0. The highest BCUT2D eigenvalue weighted by Gasteiger charge is 2.01. The summed E-state index contributed by atoms with van der Waals surface area (Å²) in [5, 5.41) is 0. The van der Waals surface area contributed by atoms with Gasteiger partial charge in [-0.3, -0.25) is 0 Å². The van der Waals surface area contributed by atoms with E-state index in [1.54, 1.807) is 0 Å². The van der Waals surface area contributed by atoms with Gasteiger partial charge in [-0.2, -0.15) is 0 Å². The van der Waals surface area contributed by atoms with Gasteiger partial charge in [-0.1, -0.05) is 0 Å². The maximum Gasteiger partial charge on any atom is 0.117 e. The molecule has 2 heteroatoms. The Bertz CT molecular complexity index is 24.7. The van der Waals surface area contributed by atoms with Crippen molar-refractivity contribution in [1.82, 2.24) is 0 Å². The Morgan fingerprint density at radius 1 is 1.67 bits per heavy atom. The molecule has 1 unspecified atom stereocenters. The Hall–Kier alpha value is 0.700. The van der Waals surface area contributed by atoms with E-state index >= 15 is 0 Å². The molecular weight excluding hydrogens is 112 g/mol. The van der Waals surface area contributed by atoms with Crippen molar-refractivity contribution in [2.75, 3.05) is 18.3 Å². The van der Waals surface area contributed by atoms with E-state index in [-0.39, 0.29) is 0 Å². The van der Waals surface area contributed by atoms with Crippen LogP contribution >= 0.6 is 10.8 Å². The summed E-state index contributed by atoms with van der Waals surface area (Å²) < 4.78 is 0. The summed E-state index contributed by atoms with van der Waals surface area (Å²) in [6, 6.07) is 0. The molecule has 0 heterocycles. The Balaban J connectivity index is 2.75. The van der Waals surface area contributed by atoms with Crippen LogP contribution in [-0.2, 0) is 9.93 Å². The molecule has 1 atom stereocenters. The molecule has 0 aromatic rings. The molecule has 0 nitrogen and oxygen atoms in total. The molecule has 0 aliphatic carbocycles. The van der Waals surface area contributed by atoms with Gasteiger partial charge in [0.15, 0.2) is 0 Å². The molecule has 0 saturated heterocycles. The highest BCUT2D eigenvalue weighted by Crippen LogP contribution is 2.06. The lowest BCUT2D eigenvalue weighted by molar-refractivity contribution is 1.52. The zero-order chi connectivity index (χ0) is 4.99. The molecule has 0 radical (unpaired) electrons. The first kappa shape index (κ1) is 6.70. The van der Waals surface area contributed by atoms with E-state index in [1.165, 1.54) is 5.75 Å². The monoisotopic (exact) mass is 123 g/mol. The predicted molar refractivity (Wildman–Crippen MR) is 37.3 cm³/mol. The van der Waals surface area contributed by atoms with Gasteiger partial charge >= 0.3 is 0 Å². The fourth-order valence-corrected chi connectivity index (χ4v) is 1.06. The van der Waals surface area contributed by atoms with E-state index in [0.717, 1.165) is 0 Å². The van der Waals surface area contributed by atoms with E-state index in [2.05, 4.69) is 19.4 Å². The summed E-state index contributed by atoms with van der Waals surface area (Å²) in [7, 11) is 2.59. The smallest absolute Gasteiger partial charge is 0.0188 e. The minimum absolute atomic E-state index is 0.633. The van der Waals surface area contributed by atoms with Crippen LogP contribution in [0, 0.1) is 0 Å². The van der Waals surface area contributed by atoms with Crippen LogP contribution in [0.1, 0.15) is 6.92 Å². The number of hydrogen-bond acceptors (Lipinski definition) is 1. The third kappa shape index (κ3) is 2.91. The molecule has 0 fully saturated rings.